The Labute approximate surface area is 121 Å². The van der Waals surface area contributed by atoms with Crippen LogP contribution in [0.3, 0.4) is 0 Å². The SMILES string of the molecule is C=CC1=C(P(c2ccccc2)c2ccccc2)CC=C1. The summed E-state index contributed by atoms with van der Waals surface area (Å²) < 4.78 is 0. The molecule has 0 N–H and O–H groups in total. The number of rotatable bonds is 4. The van der Waals surface area contributed by atoms with Gasteiger partial charge in [0.2, 0.25) is 0 Å². The second-order valence-electron chi connectivity index (χ2n) is 4.72. The van der Waals surface area contributed by atoms with Gasteiger partial charge in [-0.25, -0.2) is 0 Å². The fourth-order valence-corrected chi connectivity index (χ4v) is 5.11. The predicted octanol–water partition coefficient (Wildman–Crippen LogP) is 4.52. The summed E-state index contributed by atoms with van der Waals surface area (Å²) in [6.45, 7) is 3.96. The van der Waals surface area contributed by atoms with Crippen LogP contribution in [-0.4, -0.2) is 0 Å². The summed E-state index contributed by atoms with van der Waals surface area (Å²) in [6.07, 6.45) is 7.47. The van der Waals surface area contributed by atoms with Gasteiger partial charge in [0.1, 0.15) is 0 Å². The van der Waals surface area contributed by atoms with Crippen molar-refractivity contribution in [3.05, 3.63) is 96.4 Å². The van der Waals surface area contributed by atoms with E-state index in [0.29, 0.717) is 0 Å². The second-order valence-corrected chi connectivity index (χ2v) is 6.96. The topological polar surface area (TPSA) is 0 Å². The number of benzene rings is 2. The summed E-state index contributed by atoms with van der Waals surface area (Å²) in [6, 6.07) is 21.6. The van der Waals surface area contributed by atoms with Crippen molar-refractivity contribution in [3.63, 3.8) is 0 Å². The molecule has 0 saturated heterocycles. The second kappa shape index (κ2) is 6.03. The van der Waals surface area contributed by atoms with Crippen LogP contribution in [0.4, 0.5) is 0 Å². The highest BCUT2D eigenvalue weighted by atomic mass is 31.1. The van der Waals surface area contributed by atoms with Crippen molar-refractivity contribution in [1.82, 2.24) is 0 Å². The Bertz CT molecular complexity index is 611. The average molecular weight is 276 g/mol. The van der Waals surface area contributed by atoms with E-state index in [4.69, 9.17) is 0 Å². The van der Waals surface area contributed by atoms with E-state index in [2.05, 4.69) is 79.4 Å². The molecule has 2 aromatic carbocycles. The maximum Gasteiger partial charge on any atom is -0.00774 e. The van der Waals surface area contributed by atoms with Gasteiger partial charge in [0.15, 0.2) is 0 Å². The number of hydrogen-bond donors (Lipinski definition) is 0. The van der Waals surface area contributed by atoms with Crippen LogP contribution in [0, 0.1) is 0 Å². The van der Waals surface area contributed by atoms with E-state index in [0.717, 1.165) is 6.42 Å². The van der Waals surface area contributed by atoms with Crippen LogP contribution in [-0.2, 0) is 0 Å². The lowest BCUT2D eigenvalue weighted by atomic mass is 10.3. The third kappa shape index (κ3) is 2.53. The molecule has 20 heavy (non-hydrogen) atoms. The van der Waals surface area contributed by atoms with Crippen molar-refractivity contribution < 1.29 is 0 Å². The van der Waals surface area contributed by atoms with E-state index in [9.17, 15) is 0 Å². The van der Waals surface area contributed by atoms with Crippen molar-refractivity contribution in [3.8, 4) is 0 Å². The molecule has 0 radical (unpaired) electrons. The molecule has 0 bridgehead atoms. The summed E-state index contributed by atoms with van der Waals surface area (Å²) in [5.74, 6) is 0. The average Bonchev–Trinajstić information content (AvgIpc) is 2.98. The van der Waals surface area contributed by atoms with E-state index in [-0.39, 0.29) is 0 Å². The fourth-order valence-electron chi connectivity index (χ4n) is 2.53. The smallest absolute Gasteiger partial charge is 0.00774 e. The predicted molar refractivity (Wildman–Crippen MR) is 90.1 cm³/mol. The van der Waals surface area contributed by atoms with E-state index >= 15 is 0 Å². The molecule has 0 unspecified atom stereocenters. The molecule has 1 aliphatic rings. The van der Waals surface area contributed by atoms with E-state index in [1.165, 1.54) is 21.5 Å². The molecule has 2 aromatic rings. The molecule has 0 nitrogen and oxygen atoms in total. The van der Waals surface area contributed by atoms with Crippen molar-refractivity contribution in [2.75, 3.05) is 0 Å². The normalized spacial score (nSPS) is 14.1. The van der Waals surface area contributed by atoms with Crippen molar-refractivity contribution in [2.24, 2.45) is 0 Å². The van der Waals surface area contributed by atoms with Crippen LogP contribution in [0.2, 0.25) is 0 Å². The molecule has 0 spiro atoms. The van der Waals surface area contributed by atoms with Gasteiger partial charge in [0.05, 0.1) is 0 Å². The van der Waals surface area contributed by atoms with E-state index < -0.39 is 7.92 Å². The first-order chi connectivity index (χ1) is 9.90. The van der Waals surface area contributed by atoms with Crippen LogP contribution < -0.4 is 10.6 Å². The molecule has 1 aliphatic carbocycles. The van der Waals surface area contributed by atoms with Crippen LogP contribution >= 0.6 is 7.92 Å². The minimum absolute atomic E-state index is 0.451. The molecule has 0 amide bonds. The molecule has 1 heteroatoms. The van der Waals surface area contributed by atoms with Gasteiger partial charge < -0.3 is 0 Å². The Hall–Kier alpha value is -1.91. The Kier molecular flexibility index (Phi) is 3.95. The Morgan fingerprint density at radius 3 is 1.90 bits per heavy atom. The molecular weight excluding hydrogens is 259 g/mol. The molecule has 0 atom stereocenters. The Morgan fingerprint density at radius 2 is 1.40 bits per heavy atom. The maximum atomic E-state index is 3.96. The number of allylic oxidation sites excluding steroid dienone is 5. The molecule has 3 rings (SSSR count). The minimum Gasteiger partial charge on any atom is -0.0985 e. The third-order valence-corrected chi connectivity index (χ3v) is 6.07. The molecular formula is C19H17P. The first kappa shape index (κ1) is 13.1. The zero-order valence-corrected chi connectivity index (χ0v) is 12.3. The first-order valence-corrected chi connectivity index (χ1v) is 8.16. The molecule has 0 saturated carbocycles. The van der Waals surface area contributed by atoms with Gasteiger partial charge in [-0.2, -0.15) is 0 Å². The summed E-state index contributed by atoms with van der Waals surface area (Å²) in [4.78, 5) is 0. The summed E-state index contributed by atoms with van der Waals surface area (Å²) >= 11 is 0. The first-order valence-electron chi connectivity index (χ1n) is 6.82. The Balaban J connectivity index is 2.13. The van der Waals surface area contributed by atoms with Crippen molar-refractivity contribution >= 4 is 18.5 Å². The zero-order valence-electron chi connectivity index (χ0n) is 11.4. The highest BCUT2D eigenvalue weighted by molar-refractivity contribution is 7.76. The monoisotopic (exact) mass is 276 g/mol. The highest BCUT2D eigenvalue weighted by Crippen LogP contribution is 2.48. The van der Waals surface area contributed by atoms with Crippen LogP contribution in [0.15, 0.2) is 96.4 Å². The summed E-state index contributed by atoms with van der Waals surface area (Å²) in [7, 11) is -0.451. The molecule has 98 valence electrons. The van der Waals surface area contributed by atoms with Gasteiger partial charge in [-0.05, 0) is 35.8 Å². The summed E-state index contributed by atoms with van der Waals surface area (Å²) in [5, 5.41) is 4.32. The lowest BCUT2D eigenvalue weighted by Crippen LogP contribution is -2.12. The molecule has 0 aliphatic heterocycles. The van der Waals surface area contributed by atoms with Crippen LogP contribution in [0.5, 0.6) is 0 Å². The van der Waals surface area contributed by atoms with Crippen LogP contribution in [0.1, 0.15) is 6.42 Å². The maximum absolute atomic E-state index is 3.96. The largest absolute Gasteiger partial charge is 0.0985 e. The molecule has 0 fully saturated rings. The van der Waals surface area contributed by atoms with Gasteiger partial charge in [-0.1, -0.05) is 85.5 Å². The van der Waals surface area contributed by atoms with Gasteiger partial charge in [-0.15, -0.1) is 0 Å². The lowest BCUT2D eigenvalue weighted by molar-refractivity contribution is 1.39. The summed E-state index contributed by atoms with van der Waals surface area (Å²) in [5.41, 5.74) is 1.30. The minimum atomic E-state index is -0.451. The lowest BCUT2D eigenvalue weighted by Gasteiger charge is -2.21. The quantitative estimate of drug-likeness (QED) is 0.720. The van der Waals surface area contributed by atoms with Crippen molar-refractivity contribution in [2.45, 2.75) is 6.42 Å². The third-order valence-electron chi connectivity index (χ3n) is 3.46. The van der Waals surface area contributed by atoms with Gasteiger partial charge in [-0.3, -0.25) is 0 Å². The van der Waals surface area contributed by atoms with E-state index in [1.54, 1.807) is 0 Å². The molecule has 0 heterocycles. The highest BCUT2D eigenvalue weighted by Gasteiger charge is 2.21. The van der Waals surface area contributed by atoms with E-state index in [1.807, 2.05) is 6.08 Å². The zero-order chi connectivity index (χ0) is 13.8. The van der Waals surface area contributed by atoms with Gasteiger partial charge >= 0.3 is 0 Å². The van der Waals surface area contributed by atoms with Gasteiger partial charge in [0.25, 0.3) is 0 Å². The standard InChI is InChI=1S/C19H17P/c1-2-16-10-9-15-19(16)20(17-11-5-3-6-12-17)18-13-7-4-8-14-18/h2-14H,1,15H2. The van der Waals surface area contributed by atoms with Gasteiger partial charge in [0, 0.05) is 0 Å². The fraction of sp³-hybridized carbons (Fsp3) is 0.0526. The van der Waals surface area contributed by atoms with Crippen molar-refractivity contribution in [1.29, 1.82) is 0 Å². The molecule has 0 aromatic heterocycles. The Morgan fingerprint density at radius 1 is 0.850 bits per heavy atom. The van der Waals surface area contributed by atoms with Crippen LogP contribution in [0.25, 0.3) is 0 Å². The number of hydrogen-bond acceptors (Lipinski definition) is 0.